The monoisotopic (exact) mass is 471 g/mol. The van der Waals surface area contributed by atoms with Gasteiger partial charge in [-0.05, 0) is 24.3 Å². The van der Waals surface area contributed by atoms with E-state index in [0.717, 1.165) is 16.7 Å². The molecule has 29 heavy (non-hydrogen) atoms. The average Bonchev–Trinajstić information content (AvgIpc) is 3.18. The Bertz CT molecular complexity index is 1040. The molecule has 1 aromatic carbocycles. The van der Waals surface area contributed by atoms with Crippen LogP contribution in [0.1, 0.15) is 12.2 Å². The first-order valence-corrected chi connectivity index (χ1v) is 9.93. The molecule has 0 saturated carbocycles. The number of amides is 1. The predicted octanol–water partition coefficient (Wildman–Crippen LogP) is 4.38. The number of carboxylic acid groups (broad SMARTS) is 2. The molecule has 2 aromatic rings. The Morgan fingerprint density at radius 1 is 1.21 bits per heavy atom. The van der Waals surface area contributed by atoms with Gasteiger partial charge in [-0.1, -0.05) is 53.2 Å². The maximum absolute atomic E-state index is 12.6. The van der Waals surface area contributed by atoms with Crippen LogP contribution in [0.25, 0.3) is 17.4 Å². The third-order valence-corrected chi connectivity index (χ3v) is 5.86. The molecule has 150 valence electrons. The molecule has 0 unspecified atom stereocenters. The number of furan rings is 1. The van der Waals surface area contributed by atoms with E-state index >= 15 is 0 Å². The zero-order valence-corrected chi connectivity index (χ0v) is 17.4. The fourth-order valence-electron chi connectivity index (χ4n) is 2.63. The number of thioether (sulfide) groups is 1. The van der Waals surface area contributed by atoms with E-state index in [1.54, 1.807) is 30.3 Å². The predicted molar refractivity (Wildman–Crippen MR) is 113 cm³/mol. The molecule has 0 spiro atoms. The maximum atomic E-state index is 12.6. The molecule has 1 aliphatic heterocycles. The second-order valence-corrected chi connectivity index (χ2v) is 8.29. The van der Waals surface area contributed by atoms with Gasteiger partial charge in [0.2, 0.25) is 0 Å². The van der Waals surface area contributed by atoms with Gasteiger partial charge in [0, 0.05) is 6.08 Å². The van der Waals surface area contributed by atoms with Gasteiger partial charge in [-0.15, -0.1) is 0 Å². The van der Waals surface area contributed by atoms with E-state index in [4.69, 9.17) is 44.9 Å². The van der Waals surface area contributed by atoms with Crippen LogP contribution in [0.3, 0.4) is 0 Å². The summed E-state index contributed by atoms with van der Waals surface area (Å²) in [4.78, 5) is 35.9. The molecule has 3 rings (SSSR count). The summed E-state index contributed by atoms with van der Waals surface area (Å²) in [5.41, 5.74) is 0.496. The second kappa shape index (κ2) is 8.58. The smallest absolute Gasteiger partial charge is 0.327 e. The van der Waals surface area contributed by atoms with E-state index in [2.05, 4.69) is 0 Å². The summed E-state index contributed by atoms with van der Waals surface area (Å²) in [6, 6.07) is 6.63. The van der Waals surface area contributed by atoms with E-state index in [9.17, 15) is 19.5 Å². The largest absolute Gasteiger partial charge is 0.481 e. The second-order valence-electron chi connectivity index (χ2n) is 5.80. The Balaban J connectivity index is 1.90. The Hall–Kier alpha value is -2.33. The van der Waals surface area contributed by atoms with Crippen LogP contribution >= 0.6 is 47.2 Å². The number of carbonyl (C=O) groups is 3. The number of hydrogen-bond acceptors (Lipinski definition) is 6. The first-order valence-electron chi connectivity index (χ1n) is 7.95. The van der Waals surface area contributed by atoms with Crippen molar-refractivity contribution >= 4 is 75.4 Å². The Labute approximate surface area is 183 Å². The van der Waals surface area contributed by atoms with Crippen LogP contribution in [0, 0.1) is 0 Å². The summed E-state index contributed by atoms with van der Waals surface area (Å²) in [5.74, 6) is -2.85. The molecule has 1 amide bonds. The van der Waals surface area contributed by atoms with E-state index in [1.165, 1.54) is 6.08 Å². The van der Waals surface area contributed by atoms with Crippen molar-refractivity contribution in [1.82, 2.24) is 4.90 Å². The van der Waals surface area contributed by atoms with Crippen LogP contribution in [0.2, 0.25) is 10.0 Å². The lowest BCUT2D eigenvalue weighted by atomic mass is 10.2. The minimum atomic E-state index is -1.60. The maximum Gasteiger partial charge on any atom is 0.327 e. The van der Waals surface area contributed by atoms with Gasteiger partial charge in [0.15, 0.2) is 0 Å². The van der Waals surface area contributed by atoms with Crippen LogP contribution in [-0.4, -0.2) is 43.3 Å². The lowest BCUT2D eigenvalue weighted by Gasteiger charge is -2.21. The van der Waals surface area contributed by atoms with E-state index < -0.39 is 30.3 Å². The van der Waals surface area contributed by atoms with Gasteiger partial charge < -0.3 is 14.6 Å². The Morgan fingerprint density at radius 3 is 2.45 bits per heavy atom. The van der Waals surface area contributed by atoms with Crippen molar-refractivity contribution in [2.45, 2.75) is 12.5 Å². The number of thiocarbonyl (C=S) groups is 1. The molecule has 1 aliphatic rings. The quantitative estimate of drug-likeness (QED) is 0.471. The number of hydrogen-bond donors (Lipinski definition) is 2. The molecule has 1 atom stereocenters. The lowest BCUT2D eigenvalue weighted by Crippen LogP contribution is -2.45. The molecular weight excluding hydrogens is 461 g/mol. The average molecular weight is 472 g/mol. The minimum Gasteiger partial charge on any atom is -0.481 e. The highest BCUT2D eigenvalue weighted by Gasteiger charge is 2.41. The first kappa shape index (κ1) is 21.4. The fourth-order valence-corrected chi connectivity index (χ4v) is 4.55. The summed E-state index contributed by atoms with van der Waals surface area (Å²) in [7, 11) is 0. The number of benzene rings is 1. The SMILES string of the molecule is O=C(O)C[C@@H](C(=O)O)N1C(=O)/C(=C/c2ccc(-c3c(Cl)cccc3Cl)o2)SC1=S. The zero-order valence-electron chi connectivity index (χ0n) is 14.3. The molecule has 1 aromatic heterocycles. The molecule has 1 saturated heterocycles. The van der Waals surface area contributed by atoms with Crippen LogP contribution in [0.15, 0.2) is 39.7 Å². The van der Waals surface area contributed by atoms with Crippen molar-refractivity contribution in [2.75, 3.05) is 0 Å². The normalized spacial score (nSPS) is 16.5. The third-order valence-electron chi connectivity index (χ3n) is 3.90. The van der Waals surface area contributed by atoms with Crippen LogP contribution in [0.5, 0.6) is 0 Å². The van der Waals surface area contributed by atoms with Gasteiger partial charge in [0.05, 0.1) is 26.9 Å². The van der Waals surface area contributed by atoms with Crippen molar-refractivity contribution in [3.05, 3.63) is 51.0 Å². The van der Waals surface area contributed by atoms with Gasteiger partial charge in [0.25, 0.3) is 5.91 Å². The molecule has 0 radical (unpaired) electrons. The van der Waals surface area contributed by atoms with Gasteiger partial charge in [-0.25, -0.2) is 4.79 Å². The van der Waals surface area contributed by atoms with Crippen LogP contribution in [0.4, 0.5) is 0 Å². The Kier molecular flexibility index (Phi) is 6.33. The number of aliphatic carboxylic acids is 2. The summed E-state index contributed by atoms with van der Waals surface area (Å²) >= 11 is 18.3. The van der Waals surface area contributed by atoms with Gasteiger partial charge in [-0.3, -0.25) is 14.5 Å². The lowest BCUT2D eigenvalue weighted by molar-refractivity contribution is -0.150. The number of carboxylic acids is 2. The highest BCUT2D eigenvalue weighted by Crippen LogP contribution is 2.38. The zero-order chi connectivity index (χ0) is 21.3. The van der Waals surface area contributed by atoms with Crippen molar-refractivity contribution in [1.29, 1.82) is 0 Å². The standard InChI is InChI=1S/C18H11Cl2NO6S2/c19-9-2-1-3-10(20)15(9)12-5-4-8(27-12)6-13-16(24)21(18(28)29-13)11(17(25)26)7-14(22)23/h1-6,11H,7H2,(H,22,23)(H,25,26)/b13-6-/t11-/m0/s1. The molecule has 11 heteroatoms. The molecule has 1 fully saturated rings. The van der Waals surface area contributed by atoms with Crippen LogP contribution < -0.4 is 0 Å². The first-order chi connectivity index (χ1) is 13.7. The van der Waals surface area contributed by atoms with Crippen molar-refractivity contribution in [3.63, 3.8) is 0 Å². The minimum absolute atomic E-state index is 0.0455. The van der Waals surface area contributed by atoms with Crippen molar-refractivity contribution < 1.29 is 29.0 Å². The van der Waals surface area contributed by atoms with E-state index in [1.807, 2.05) is 0 Å². The highest BCUT2D eigenvalue weighted by molar-refractivity contribution is 8.26. The Morgan fingerprint density at radius 2 is 1.86 bits per heavy atom. The van der Waals surface area contributed by atoms with Crippen molar-refractivity contribution in [2.24, 2.45) is 0 Å². The molecule has 2 N–H and O–H groups in total. The summed E-state index contributed by atoms with van der Waals surface area (Å²) in [5, 5.41) is 19.0. The molecule has 7 nitrogen and oxygen atoms in total. The number of nitrogens with zero attached hydrogens (tertiary/aromatic N) is 1. The highest BCUT2D eigenvalue weighted by atomic mass is 35.5. The molecular formula is C18H11Cl2NO6S2. The van der Waals surface area contributed by atoms with Crippen LogP contribution in [-0.2, 0) is 14.4 Å². The topological polar surface area (TPSA) is 108 Å². The molecule has 2 heterocycles. The summed E-state index contributed by atoms with van der Waals surface area (Å²) < 4.78 is 5.66. The summed E-state index contributed by atoms with van der Waals surface area (Å²) in [6.45, 7) is 0. The van der Waals surface area contributed by atoms with Gasteiger partial charge in [-0.2, -0.15) is 0 Å². The van der Waals surface area contributed by atoms with Crippen molar-refractivity contribution in [3.8, 4) is 11.3 Å². The number of rotatable bonds is 6. The summed E-state index contributed by atoms with van der Waals surface area (Å²) in [6.07, 6.45) is 0.623. The number of carbonyl (C=O) groups excluding carboxylic acids is 1. The van der Waals surface area contributed by atoms with E-state index in [0.29, 0.717) is 27.1 Å². The number of halogens is 2. The molecule has 0 aliphatic carbocycles. The third kappa shape index (κ3) is 4.48. The van der Waals surface area contributed by atoms with Gasteiger partial charge in [0.1, 0.15) is 21.9 Å². The molecule has 0 bridgehead atoms. The van der Waals surface area contributed by atoms with Gasteiger partial charge >= 0.3 is 11.9 Å². The van der Waals surface area contributed by atoms with E-state index in [-0.39, 0.29) is 9.23 Å². The fraction of sp³-hybridized carbons (Fsp3) is 0.111.